The van der Waals surface area contributed by atoms with Crippen LogP contribution in [-0.4, -0.2) is 51.8 Å². The molecule has 6 nitrogen and oxygen atoms in total. The summed E-state index contributed by atoms with van der Waals surface area (Å²) in [6.07, 6.45) is 8.93. The first-order valence-electron chi connectivity index (χ1n) is 10.1. The van der Waals surface area contributed by atoms with Crippen LogP contribution in [0.1, 0.15) is 54.4 Å². The van der Waals surface area contributed by atoms with Crippen molar-refractivity contribution in [2.75, 3.05) is 33.8 Å². The van der Waals surface area contributed by atoms with Crippen LogP contribution >= 0.6 is 24.0 Å². The Bertz CT molecular complexity index is 602. The first-order chi connectivity index (χ1) is 13.2. The van der Waals surface area contributed by atoms with Gasteiger partial charge in [-0.25, -0.2) is 0 Å². The molecule has 7 heteroatoms. The van der Waals surface area contributed by atoms with E-state index in [2.05, 4.69) is 20.9 Å². The molecule has 0 aromatic heterocycles. The molecular weight excluding hydrogens is 467 g/mol. The number of amides is 1. The van der Waals surface area contributed by atoms with Crippen molar-refractivity contribution < 1.29 is 9.53 Å². The Balaban J connectivity index is 0.00000392. The lowest BCUT2D eigenvalue weighted by molar-refractivity contribution is 0.0468. The molecule has 0 aliphatic heterocycles. The lowest BCUT2D eigenvalue weighted by Crippen LogP contribution is -2.40. The molecule has 1 amide bonds. The predicted octanol–water partition coefficient (Wildman–Crippen LogP) is 3.11. The second kappa shape index (κ2) is 14.6. The van der Waals surface area contributed by atoms with Gasteiger partial charge < -0.3 is 20.7 Å². The van der Waals surface area contributed by atoms with Gasteiger partial charge in [0.25, 0.3) is 5.91 Å². The molecule has 1 saturated carbocycles. The first-order valence-corrected chi connectivity index (χ1v) is 10.1. The van der Waals surface area contributed by atoms with Gasteiger partial charge in [-0.3, -0.25) is 9.79 Å². The van der Waals surface area contributed by atoms with E-state index in [9.17, 15) is 4.79 Å². The van der Waals surface area contributed by atoms with E-state index in [4.69, 9.17) is 4.74 Å². The normalized spacial score (nSPS) is 15.3. The number of guanidine groups is 1. The molecule has 1 aromatic carbocycles. The maximum Gasteiger partial charge on any atom is 0.251 e. The maximum atomic E-state index is 11.7. The van der Waals surface area contributed by atoms with Crippen molar-refractivity contribution in [2.24, 2.45) is 4.99 Å². The van der Waals surface area contributed by atoms with Crippen molar-refractivity contribution in [3.8, 4) is 0 Å². The number of halogens is 1. The molecule has 1 aliphatic rings. The van der Waals surface area contributed by atoms with E-state index in [-0.39, 0.29) is 29.9 Å². The summed E-state index contributed by atoms with van der Waals surface area (Å²) in [6, 6.07) is 7.70. The van der Waals surface area contributed by atoms with Crippen LogP contribution < -0.4 is 16.0 Å². The highest BCUT2D eigenvalue weighted by atomic mass is 127. The monoisotopic (exact) mass is 502 g/mol. The highest BCUT2D eigenvalue weighted by molar-refractivity contribution is 14.0. The standard InChI is InChI=1S/C21H34N4O2.HI/c1-22-20(26)18-9-7-8-17(16-18)12-13-24-21(23-2)25-14-15-27-19-10-5-3-4-6-11-19;/h7-9,16,19H,3-6,10-15H2,1-2H3,(H,22,26)(H2,23,24,25);1H. The van der Waals surface area contributed by atoms with Crippen LogP contribution in [0.25, 0.3) is 0 Å². The second-order valence-corrected chi connectivity index (χ2v) is 6.94. The zero-order chi connectivity index (χ0) is 19.3. The minimum atomic E-state index is -0.0593. The largest absolute Gasteiger partial charge is 0.376 e. The third-order valence-electron chi connectivity index (χ3n) is 4.90. The summed E-state index contributed by atoms with van der Waals surface area (Å²) in [5, 5.41) is 9.26. The average molecular weight is 502 g/mol. The summed E-state index contributed by atoms with van der Waals surface area (Å²) in [6.45, 7) is 2.21. The van der Waals surface area contributed by atoms with Crippen LogP contribution in [0, 0.1) is 0 Å². The van der Waals surface area contributed by atoms with Crippen LogP contribution in [0.2, 0.25) is 0 Å². The Morgan fingerprint density at radius 1 is 1.14 bits per heavy atom. The van der Waals surface area contributed by atoms with Crippen molar-refractivity contribution >= 4 is 35.8 Å². The number of carbonyl (C=O) groups is 1. The number of nitrogens with zero attached hydrogens (tertiary/aromatic N) is 1. The molecule has 0 atom stereocenters. The molecule has 0 saturated heterocycles. The Labute approximate surface area is 186 Å². The highest BCUT2D eigenvalue weighted by Crippen LogP contribution is 2.19. The van der Waals surface area contributed by atoms with Gasteiger partial charge in [0.1, 0.15) is 0 Å². The predicted molar refractivity (Wildman–Crippen MR) is 126 cm³/mol. The fraction of sp³-hybridized carbons (Fsp3) is 0.619. The summed E-state index contributed by atoms with van der Waals surface area (Å²) >= 11 is 0. The van der Waals surface area contributed by atoms with Crippen molar-refractivity contribution in [1.82, 2.24) is 16.0 Å². The number of carbonyl (C=O) groups excluding carboxylic acids is 1. The van der Waals surface area contributed by atoms with Crippen molar-refractivity contribution in [3.63, 3.8) is 0 Å². The summed E-state index contributed by atoms with van der Waals surface area (Å²) in [5.74, 6) is 0.720. The van der Waals surface area contributed by atoms with E-state index in [1.54, 1.807) is 14.1 Å². The van der Waals surface area contributed by atoms with E-state index in [0.29, 0.717) is 18.3 Å². The first kappa shape index (κ1) is 24.7. The van der Waals surface area contributed by atoms with Gasteiger partial charge in [0, 0.05) is 32.7 Å². The second-order valence-electron chi connectivity index (χ2n) is 6.94. The van der Waals surface area contributed by atoms with Gasteiger partial charge in [0.2, 0.25) is 0 Å². The van der Waals surface area contributed by atoms with Gasteiger partial charge in [-0.1, -0.05) is 37.8 Å². The Morgan fingerprint density at radius 3 is 2.54 bits per heavy atom. The average Bonchev–Trinajstić information content (AvgIpc) is 2.98. The number of rotatable bonds is 8. The molecule has 0 spiro atoms. The number of aliphatic imine (C=N–C) groups is 1. The van der Waals surface area contributed by atoms with Crippen molar-refractivity contribution in [3.05, 3.63) is 35.4 Å². The van der Waals surface area contributed by atoms with Gasteiger partial charge in [0.15, 0.2) is 5.96 Å². The summed E-state index contributed by atoms with van der Waals surface area (Å²) in [4.78, 5) is 16.0. The molecule has 28 heavy (non-hydrogen) atoms. The van der Waals surface area contributed by atoms with E-state index >= 15 is 0 Å². The number of hydrogen-bond donors (Lipinski definition) is 3. The summed E-state index contributed by atoms with van der Waals surface area (Å²) < 4.78 is 5.99. The Kier molecular flexibility index (Phi) is 12.9. The topological polar surface area (TPSA) is 74.8 Å². The molecule has 3 N–H and O–H groups in total. The molecule has 2 rings (SSSR count). The van der Waals surface area contributed by atoms with Crippen LogP contribution in [-0.2, 0) is 11.2 Å². The van der Waals surface area contributed by atoms with Crippen LogP contribution in [0.4, 0.5) is 0 Å². The SMILES string of the molecule is CN=C(NCCOC1CCCCCC1)NCCc1cccc(C(=O)NC)c1.I. The quantitative estimate of drug-likeness (QED) is 0.168. The number of hydrogen-bond acceptors (Lipinski definition) is 3. The highest BCUT2D eigenvalue weighted by Gasteiger charge is 2.12. The fourth-order valence-electron chi connectivity index (χ4n) is 3.36. The number of ether oxygens (including phenoxy) is 1. The molecule has 1 fully saturated rings. The van der Waals surface area contributed by atoms with Crippen LogP contribution in [0.3, 0.4) is 0 Å². The minimum Gasteiger partial charge on any atom is -0.376 e. The third-order valence-corrected chi connectivity index (χ3v) is 4.90. The smallest absolute Gasteiger partial charge is 0.251 e. The number of nitrogens with one attached hydrogen (secondary N) is 3. The van der Waals surface area contributed by atoms with Crippen LogP contribution in [0.15, 0.2) is 29.3 Å². The van der Waals surface area contributed by atoms with Gasteiger partial charge in [-0.2, -0.15) is 0 Å². The van der Waals surface area contributed by atoms with E-state index < -0.39 is 0 Å². The van der Waals surface area contributed by atoms with Crippen molar-refractivity contribution in [1.29, 1.82) is 0 Å². The van der Waals surface area contributed by atoms with Gasteiger partial charge >= 0.3 is 0 Å². The van der Waals surface area contributed by atoms with E-state index in [0.717, 1.165) is 31.0 Å². The summed E-state index contributed by atoms with van der Waals surface area (Å²) in [7, 11) is 3.42. The molecule has 0 heterocycles. The lowest BCUT2D eigenvalue weighted by Gasteiger charge is -2.17. The maximum absolute atomic E-state index is 11.7. The third kappa shape index (κ3) is 9.23. The lowest BCUT2D eigenvalue weighted by atomic mass is 10.1. The Hall–Kier alpha value is -1.35. The van der Waals surface area contributed by atoms with Crippen LogP contribution in [0.5, 0.6) is 0 Å². The molecule has 0 bridgehead atoms. The molecule has 0 unspecified atom stereocenters. The Morgan fingerprint density at radius 2 is 1.86 bits per heavy atom. The fourth-order valence-corrected chi connectivity index (χ4v) is 3.36. The van der Waals surface area contributed by atoms with Gasteiger partial charge in [0.05, 0.1) is 12.7 Å². The minimum absolute atomic E-state index is 0. The van der Waals surface area contributed by atoms with Gasteiger partial charge in [-0.05, 0) is 37.0 Å². The zero-order valence-electron chi connectivity index (χ0n) is 17.1. The molecule has 1 aromatic rings. The van der Waals surface area contributed by atoms with E-state index in [1.807, 2.05) is 24.3 Å². The van der Waals surface area contributed by atoms with Crippen molar-refractivity contribution in [2.45, 2.75) is 51.0 Å². The molecular formula is C21H35IN4O2. The molecule has 158 valence electrons. The summed E-state index contributed by atoms with van der Waals surface area (Å²) in [5.41, 5.74) is 1.81. The van der Waals surface area contributed by atoms with E-state index in [1.165, 1.54) is 38.5 Å². The molecule has 1 aliphatic carbocycles. The van der Waals surface area contributed by atoms with Gasteiger partial charge in [-0.15, -0.1) is 24.0 Å². The zero-order valence-corrected chi connectivity index (χ0v) is 19.5. The number of benzene rings is 1. The molecule has 0 radical (unpaired) electrons.